The first-order chi connectivity index (χ1) is 14.3. The van der Waals surface area contributed by atoms with E-state index in [0.29, 0.717) is 33.4 Å². The number of thioether (sulfide) groups is 1. The number of Topliss-reactive ketones (excluding diaryl/α,β-unsaturated/α-hetero) is 1. The Morgan fingerprint density at radius 3 is 2.63 bits per heavy atom. The fraction of sp³-hybridized carbons (Fsp3) is 0.190. The summed E-state index contributed by atoms with van der Waals surface area (Å²) in [4.78, 5) is 12.8. The van der Waals surface area contributed by atoms with Crippen molar-refractivity contribution in [3.05, 3.63) is 77.2 Å². The number of hydrogen-bond donors (Lipinski definition) is 0. The van der Waals surface area contributed by atoms with Gasteiger partial charge in [-0.25, -0.2) is 0 Å². The molecule has 0 saturated carbocycles. The summed E-state index contributed by atoms with van der Waals surface area (Å²) in [6.45, 7) is 3.50. The van der Waals surface area contributed by atoms with Crippen LogP contribution in [0.5, 0.6) is 0 Å². The molecule has 0 spiro atoms. The van der Waals surface area contributed by atoms with Gasteiger partial charge in [-0.1, -0.05) is 23.9 Å². The van der Waals surface area contributed by atoms with E-state index in [1.54, 1.807) is 34.9 Å². The highest BCUT2D eigenvalue weighted by atomic mass is 32.2. The molecule has 3 aromatic heterocycles. The quantitative estimate of drug-likeness (QED) is 0.325. The molecule has 3 heterocycles. The minimum absolute atomic E-state index is 0.126. The van der Waals surface area contributed by atoms with Gasteiger partial charge in [0.25, 0.3) is 0 Å². The average molecular weight is 430 g/mol. The summed E-state index contributed by atoms with van der Waals surface area (Å²) in [5, 5.41) is 8.76. The summed E-state index contributed by atoms with van der Waals surface area (Å²) in [6.07, 6.45) is -2.61. The smallest absolute Gasteiger partial charge is 0.318 e. The van der Waals surface area contributed by atoms with Crippen molar-refractivity contribution in [3.8, 4) is 5.69 Å². The summed E-state index contributed by atoms with van der Waals surface area (Å²) in [5.41, 5.74) is 2.10. The molecule has 0 atom stereocenters. The number of aromatic nitrogens is 4. The number of hydrogen-bond acceptors (Lipinski definition) is 4. The Hall–Kier alpha value is -3.07. The molecule has 30 heavy (non-hydrogen) atoms. The SMILES string of the molecule is Cc1cc(C(=O)CSc2nnc3ccccn23)c(C)n1-c1cccc(C(F)(F)F)c1. The molecule has 0 N–H and O–H groups in total. The van der Waals surface area contributed by atoms with Gasteiger partial charge in [0.05, 0.1) is 11.3 Å². The van der Waals surface area contributed by atoms with E-state index in [1.807, 2.05) is 24.4 Å². The van der Waals surface area contributed by atoms with Gasteiger partial charge in [-0.15, -0.1) is 10.2 Å². The summed E-state index contributed by atoms with van der Waals surface area (Å²) in [5.74, 6) is 0.0155. The number of pyridine rings is 1. The molecule has 0 fully saturated rings. The Morgan fingerprint density at radius 2 is 1.87 bits per heavy atom. The van der Waals surface area contributed by atoms with E-state index in [1.165, 1.54) is 17.8 Å². The van der Waals surface area contributed by atoms with Gasteiger partial charge in [0, 0.05) is 28.8 Å². The Kier molecular flexibility index (Phi) is 5.15. The van der Waals surface area contributed by atoms with Crippen molar-refractivity contribution in [3.63, 3.8) is 0 Å². The third-order valence-corrected chi connectivity index (χ3v) is 5.72. The molecular formula is C21H17F3N4OS. The van der Waals surface area contributed by atoms with Crippen LogP contribution in [0.2, 0.25) is 0 Å². The standard InChI is InChI=1S/C21H17F3N4OS/c1-13-10-17(14(2)28(13)16-7-5-6-15(11-16)21(22,23)24)18(29)12-30-20-26-25-19-8-3-4-9-27(19)20/h3-11H,12H2,1-2H3. The van der Waals surface area contributed by atoms with Crippen LogP contribution >= 0.6 is 11.8 Å². The second-order valence-corrected chi connectivity index (χ2v) is 7.73. The number of carbonyl (C=O) groups is 1. The van der Waals surface area contributed by atoms with E-state index in [-0.39, 0.29) is 11.5 Å². The molecule has 0 bridgehead atoms. The van der Waals surface area contributed by atoms with Gasteiger partial charge in [-0.2, -0.15) is 13.2 Å². The lowest BCUT2D eigenvalue weighted by molar-refractivity contribution is -0.137. The van der Waals surface area contributed by atoms with E-state index in [4.69, 9.17) is 0 Å². The zero-order chi connectivity index (χ0) is 21.5. The molecule has 1 aromatic carbocycles. The van der Waals surface area contributed by atoms with Crippen molar-refractivity contribution >= 4 is 23.2 Å². The number of alkyl halides is 3. The van der Waals surface area contributed by atoms with Crippen LogP contribution in [-0.2, 0) is 6.18 Å². The summed E-state index contributed by atoms with van der Waals surface area (Å²) >= 11 is 1.27. The Balaban J connectivity index is 1.59. The van der Waals surface area contributed by atoms with E-state index < -0.39 is 11.7 Å². The molecule has 4 rings (SSSR count). The van der Waals surface area contributed by atoms with Crippen LogP contribution in [-0.4, -0.2) is 30.7 Å². The molecule has 0 radical (unpaired) electrons. The number of benzene rings is 1. The maximum absolute atomic E-state index is 13.1. The number of nitrogens with zero attached hydrogens (tertiary/aromatic N) is 4. The maximum Gasteiger partial charge on any atom is 0.416 e. The molecule has 0 unspecified atom stereocenters. The molecule has 0 aliphatic heterocycles. The Labute approximate surface area is 174 Å². The zero-order valence-corrected chi connectivity index (χ0v) is 17.0. The number of aryl methyl sites for hydroxylation is 1. The van der Waals surface area contributed by atoms with Crippen LogP contribution in [0.3, 0.4) is 0 Å². The van der Waals surface area contributed by atoms with Gasteiger partial charge in [0.15, 0.2) is 16.6 Å². The lowest BCUT2D eigenvalue weighted by Gasteiger charge is -2.13. The first-order valence-electron chi connectivity index (χ1n) is 9.08. The molecule has 0 amide bonds. The number of rotatable bonds is 5. The molecule has 4 aromatic rings. The van der Waals surface area contributed by atoms with E-state index in [9.17, 15) is 18.0 Å². The fourth-order valence-electron chi connectivity index (χ4n) is 3.39. The lowest BCUT2D eigenvalue weighted by atomic mass is 10.1. The Morgan fingerprint density at radius 1 is 1.07 bits per heavy atom. The minimum atomic E-state index is -4.43. The van der Waals surface area contributed by atoms with Gasteiger partial charge < -0.3 is 4.57 Å². The van der Waals surface area contributed by atoms with E-state index in [0.717, 1.165) is 12.1 Å². The molecule has 9 heteroatoms. The molecule has 0 saturated heterocycles. The van der Waals surface area contributed by atoms with Crippen LogP contribution in [0.1, 0.15) is 27.3 Å². The number of halogens is 3. The molecule has 0 aliphatic rings. The van der Waals surface area contributed by atoms with Gasteiger partial charge in [0.2, 0.25) is 0 Å². The van der Waals surface area contributed by atoms with Crippen LogP contribution in [0.4, 0.5) is 13.2 Å². The third kappa shape index (κ3) is 3.72. The summed E-state index contributed by atoms with van der Waals surface area (Å²) < 4.78 is 42.7. The third-order valence-electron chi connectivity index (χ3n) is 4.78. The zero-order valence-electron chi connectivity index (χ0n) is 16.1. The second-order valence-electron chi connectivity index (χ2n) is 6.79. The highest BCUT2D eigenvalue weighted by Gasteiger charge is 2.30. The molecule has 0 aliphatic carbocycles. The van der Waals surface area contributed by atoms with Crippen LogP contribution in [0, 0.1) is 13.8 Å². The van der Waals surface area contributed by atoms with Gasteiger partial charge >= 0.3 is 6.18 Å². The van der Waals surface area contributed by atoms with Crippen molar-refractivity contribution in [1.82, 2.24) is 19.2 Å². The van der Waals surface area contributed by atoms with Crippen molar-refractivity contribution in [1.29, 1.82) is 0 Å². The average Bonchev–Trinajstić information content (AvgIpc) is 3.26. The van der Waals surface area contributed by atoms with Crippen LogP contribution in [0.15, 0.2) is 59.9 Å². The normalized spacial score (nSPS) is 11.9. The fourth-order valence-corrected chi connectivity index (χ4v) is 4.20. The minimum Gasteiger partial charge on any atom is -0.318 e. The first-order valence-corrected chi connectivity index (χ1v) is 10.1. The summed E-state index contributed by atoms with van der Waals surface area (Å²) in [7, 11) is 0. The van der Waals surface area contributed by atoms with Crippen LogP contribution in [0.25, 0.3) is 11.3 Å². The van der Waals surface area contributed by atoms with Gasteiger partial charge in [-0.3, -0.25) is 9.20 Å². The van der Waals surface area contributed by atoms with E-state index >= 15 is 0 Å². The van der Waals surface area contributed by atoms with Crippen LogP contribution < -0.4 is 0 Å². The number of carbonyl (C=O) groups excluding carboxylic acids is 1. The van der Waals surface area contributed by atoms with Gasteiger partial charge in [-0.05, 0) is 50.2 Å². The predicted molar refractivity (Wildman–Crippen MR) is 108 cm³/mol. The predicted octanol–water partition coefficient (Wildman–Crippen LogP) is 5.13. The van der Waals surface area contributed by atoms with Crippen molar-refractivity contribution < 1.29 is 18.0 Å². The van der Waals surface area contributed by atoms with Crippen molar-refractivity contribution in [2.24, 2.45) is 0 Å². The number of ketones is 1. The monoisotopic (exact) mass is 430 g/mol. The van der Waals surface area contributed by atoms with Gasteiger partial charge in [0.1, 0.15) is 0 Å². The highest BCUT2D eigenvalue weighted by molar-refractivity contribution is 7.99. The van der Waals surface area contributed by atoms with E-state index in [2.05, 4.69) is 10.2 Å². The Bertz CT molecular complexity index is 1240. The largest absolute Gasteiger partial charge is 0.416 e. The molecular weight excluding hydrogens is 413 g/mol. The highest BCUT2D eigenvalue weighted by Crippen LogP contribution is 2.31. The lowest BCUT2D eigenvalue weighted by Crippen LogP contribution is -2.08. The van der Waals surface area contributed by atoms with Crippen molar-refractivity contribution in [2.45, 2.75) is 25.2 Å². The summed E-state index contributed by atoms with van der Waals surface area (Å²) in [6, 6.07) is 12.3. The maximum atomic E-state index is 13.1. The molecule has 154 valence electrons. The molecule has 5 nitrogen and oxygen atoms in total. The van der Waals surface area contributed by atoms with Crippen molar-refractivity contribution in [2.75, 3.05) is 5.75 Å². The second kappa shape index (κ2) is 7.64. The number of fused-ring (bicyclic) bond motifs is 1. The topological polar surface area (TPSA) is 52.2 Å². The first kappa shape index (κ1) is 20.2.